The van der Waals surface area contributed by atoms with E-state index in [1.54, 1.807) is 6.07 Å². The zero-order valence-corrected chi connectivity index (χ0v) is 16.0. The van der Waals surface area contributed by atoms with Crippen LogP contribution in [0.4, 0.5) is 11.8 Å². The highest BCUT2D eigenvalue weighted by Gasteiger charge is 2.25. The molecule has 1 aromatic heterocycles. The summed E-state index contributed by atoms with van der Waals surface area (Å²) in [6.07, 6.45) is 0. The van der Waals surface area contributed by atoms with Crippen molar-refractivity contribution in [2.75, 3.05) is 62.4 Å². The van der Waals surface area contributed by atoms with Crippen LogP contribution in [0.2, 0.25) is 0 Å². The fourth-order valence-electron chi connectivity index (χ4n) is 3.50. The minimum Gasteiger partial charge on any atom is -0.508 e. The van der Waals surface area contributed by atoms with Crippen molar-refractivity contribution in [3.8, 4) is 11.5 Å². The molecule has 0 saturated carbocycles. The first-order chi connectivity index (χ1) is 14.2. The highest BCUT2D eigenvalue weighted by Crippen LogP contribution is 2.35. The van der Waals surface area contributed by atoms with Crippen molar-refractivity contribution in [1.29, 1.82) is 5.53 Å². The number of aromatic hydroxyl groups is 2. The zero-order valence-electron chi connectivity index (χ0n) is 16.0. The minimum absolute atomic E-state index is 0.0549. The van der Waals surface area contributed by atoms with Gasteiger partial charge in [-0.2, -0.15) is 10.1 Å². The fraction of sp³-hybridized carbons (Fsp3) is 0.474. The Hall–Kier alpha value is -2.98. The number of morpholine rings is 2. The van der Waals surface area contributed by atoms with Crippen LogP contribution in [0.15, 0.2) is 29.4 Å². The predicted molar refractivity (Wildman–Crippen MR) is 105 cm³/mol. The molecular formula is C19H24N6O4. The van der Waals surface area contributed by atoms with Gasteiger partial charge in [-0.05, 0) is 12.1 Å². The number of nitrogens with zero attached hydrogens (tertiary/aromatic N) is 5. The Labute approximate surface area is 168 Å². The molecule has 154 valence electrons. The molecular weight excluding hydrogens is 376 g/mol. The highest BCUT2D eigenvalue weighted by molar-refractivity contribution is 5.50. The van der Waals surface area contributed by atoms with Gasteiger partial charge in [0.25, 0.3) is 0 Å². The monoisotopic (exact) mass is 400 g/mol. The number of hydrogen-bond donors (Lipinski definition) is 3. The zero-order chi connectivity index (χ0) is 20.2. The van der Waals surface area contributed by atoms with E-state index < -0.39 is 6.04 Å². The minimum atomic E-state index is -0.807. The molecule has 0 spiro atoms. The van der Waals surface area contributed by atoms with E-state index in [1.807, 2.05) is 6.07 Å². The van der Waals surface area contributed by atoms with Crippen molar-refractivity contribution in [2.45, 2.75) is 6.04 Å². The maximum atomic E-state index is 10.3. The van der Waals surface area contributed by atoms with Crippen molar-refractivity contribution in [2.24, 2.45) is 5.11 Å². The van der Waals surface area contributed by atoms with Crippen LogP contribution in [0, 0.1) is 5.53 Å². The number of ether oxygens (including phenoxy) is 2. The van der Waals surface area contributed by atoms with Gasteiger partial charge in [-0.3, -0.25) is 0 Å². The second-order valence-electron chi connectivity index (χ2n) is 6.92. The van der Waals surface area contributed by atoms with E-state index in [-0.39, 0.29) is 11.5 Å². The third-order valence-corrected chi connectivity index (χ3v) is 5.07. The first kappa shape index (κ1) is 19.3. The van der Waals surface area contributed by atoms with Crippen LogP contribution in [0.3, 0.4) is 0 Å². The lowest BCUT2D eigenvalue weighted by Gasteiger charge is -2.31. The largest absolute Gasteiger partial charge is 0.508 e. The van der Waals surface area contributed by atoms with Crippen molar-refractivity contribution in [1.82, 2.24) is 9.97 Å². The van der Waals surface area contributed by atoms with Crippen LogP contribution < -0.4 is 9.80 Å². The summed E-state index contributed by atoms with van der Waals surface area (Å²) < 4.78 is 10.9. The molecule has 1 aromatic carbocycles. The van der Waals surface area contributed by atoms with Gasteiger partial charge in [0.2, 0.25) is 5.95 Å². The van der Waals surface area contributed by atoms with Gasteiger partial charge in [0.15, 0.2) is 0 Å². The first-order valence-electron chi connectivity index (χ1n) is 9.58. The average molecular weight is 400 g/mol. The van der Waals surface area contributed by atoms with Gasteiger partial charge in [-0.15, -0.1) is 0 Å². The van der Waals surface area contributed by atoms with Gasteiger partial charge in [-0.25, -0.2) is 10.5 Å². The number of nitrogens with one attached hydrogen (secondary N) is 1. The van der Waals surface area contributed by atoms with E-state index in [1.165, 1.54) is 12.1 Å². The van der Waals surface area contributed by atoms with Gasteiger partial charge in [0.1, 0.15) is 23.4 Å². The second-order valence-corrected chi connectivity index (χ2v) is 6.92. The third-order valence-electron chi connectivity index (χ3n) is 5.07. The quantitative estimate of drug-likeness (QED) is 0.647. The molecule has 2 saturated heterocycles. The molecule has 2 aromatic rings. The molecule has 1 unspecified atom stereocenters. The molecule has 3 N–H and O–H groups in total. The van der Waals surface area contributed by atoms with E-state index in [0.717, 1.165) is 5.82 Å². The number of rotatable bonds is 5. The lowest BCUT2D eigenvalue weighted by atomic mass is 10.0. The standard InChI is InChI=1S/C19H24N6O4/c20-23-18(14-2-1-13(26)11-16(14)27)15-12-17(24-3-7-28-8-4-24)22-19(21-15)25-5-9-29-10-6-25/h1-2,11-12,18,20,26-27H,3-10H2. The van der Waals surface area contributed by atoms with Gasteiger partial charge in [0.05, 0.1) is 32.1 Å². The Balaban J connectivity index is 1.76. The topological polar surface area (TPSA) is 127 Å². The number of benzene rings is 1. The van der Waals surface area contributed by atoms with E-state index >= 15 is 0 Å². The maximum Gasteiger partial charge on any atom is 0.227 e. The molecule has 10 nitrogen and oxygen atoms in total. The summed E-state index contributed by atoms with van der Waals surface area (Å²) in [5.41, 5.74) is 8.65. The van der Waals surface area contributed by atoms with Crippen LogP contribution in [0.5, 0.6) is 11.5 Å². The highest BCUT2D eigenvalue weighted by atomic mass is 16.5. The Morgan fingerprint density at radius 2 is 1.59 bits per heavy atom. The third kappa shape index (κ3) is 4.22. The molecule has 0 bridgehead atoms. The Morgan fingerprint density at radius 3 is 2.21 bits per heavy atom. The summed E-state index contributed by atoms with van der Waals surface area (Å²) in [5, 5.41) is 23.6. The SMILES string of the molecule is N=NC(c1cc(N2CCOCC2)nc(N2CCOCC2)n1)c1ccc(O)cc1O. The van der Waals surface area contributed by atoms with Gasteiger partial charge >= 0.3 is 0 Å². The summed E-state index contributed by atoms with van der Waals surface area (Å²) in [7, 11) is 0. The van der Waals surface area contributed by atoms with Gasteiger partial charge < -0.3 is 29.5 Å². The number of hydrogen-bond acceptors (Lipinski definition) is 10. The van der Waals surface area contributed by atoms with Crippen molar-refractivity contribution in [3.63, 3.8) is 0 Å². The van der Waals surface area contributed by atoms with E-state index in [2.05, 4.69) is 19.9 Å². The smallest absolute Gasteiger partial charge is 0.227 e. The molecule has 0 aliphatic carbocycles. The molecule has 10 heteroatoms. The summed E-state index contributed by atoms with van der Waals surface area (Å²) in [6.45, 7) is 5.24. The van der Waals surface area contributed by atoms with Crippen molar-refractivity contribution < 1.29 is 19.7 Å². The van der Waals surface area contributed by atoms with E-state index in [4.69, 9.17) is 20.0 Å². The summed E-state index contributed by atoms with van der Waals surface area (Å²) in [5.74, 6) is 1.11. The van der Waals surface area contributed by atoms with Crippen LogP contribution in [0.1, 0.15) is 17.3 Å². The summed E-state index contributed by atoms with van der Waals surface area (Å²) in [4.78, 5) is 13.6. The predicted octanol–water partition coefficient (Wildman–Crippen LogP) is 1.68. The lowest BCUT2D eigenvalue weighted by molar-refractivity contribution is 0.121. The fourth-order valence-corrected chi connectivity index (χ4v) is 3.50. The Morgan fingerprint density at radius 1 is 0.931 bits per heavy atom. The average Bonchev–Trinajstić information content (AvgIpc) is 2.77. The van der Waals surface area contributed by atoms with E-state index in [0.29, 0.717) is 69.8 Å². The van der Waals surface area contributed by atoms with Crippen molar-refractivity contribution in [3.05, 3.63) is 35.5 Å². The maximum absolute atomic E-state index is 10.3. The Bertz CT molecular complexity index is 832. The summed E-state index contributed by atoms with van der Waals surface area (Å²) in [6, 6.07) is 5.25. The van der Waals surface area contributed by atoms with Crippen molar-refractivity contribution >= 4 is 11.8 Å². The van der Waals surface area contributed by atoms with Crippen LogP contribution in [0.25, 0.3) is 0 Å². The lowest BCUT2D eigenvalue weighted by Crippen LogP contribution is -2.39. The second kappa shape index (κ2) is 8.58. The Kier molecular flexibility index (Phi) is 5.72. The number of phenols is 2. The van der Waals surface area contributed by atoms with Crippen LogP contribution in [-0.2, 0) is 9.47 Å². The molecule has 0 amide bonds. The molecule has 2 aliphatic rings. The van der Waals surface area contributed by atoms with Gasteiger partial charge in [0, 0.05) is 43.9 Å². The number of aromatic nitrogens is 2. The number of anilines is 2. The molecule has 0 radical (unpaired) electrons. The molecule has 3 heterocycles. The molecule has 2 aliphatic heterocycles. The molecule has 29 heavy (non-hydrogen) atoms. The van der Waals surface area contributed by atoms with Crippen LogP contribution in [-0.4, -0.2) is 72.8 Å². The molecule has 1 atom stereocenters. The summed E-state index contributed by atoms with van der Waals surface area (Å²) >= 11 is 0. The molecule has 2 fully saturated rings. The van der Waals surface area contributed by atoms with Gasteiger partial charge in [-0.1, -0.05) is 0 Å². The molecule has 4 rings (SSSR count). The normalized spacial score (nSPS) is 18.5. The number of phenolic OH excluding ortho intramolecular Hbond substituents is 2. The van der Waals surface area contributed by atoms with E-state index in [9.17, 15) is 10.2 Å². The van der Waals surface area contributed by atoms with Crippen LogP contribution >= 0.6 is 0 Å². The first-order valence-corrected chi connectivity index (χ1v) is 9.58.